The molecule has 17 heteroatoms. The van der Waals surface area contributed by atoms with Gasteiger partial charge in [-0.05, 0) is 37.0 Å². The normalized spacial score (nSPS) is 18.2. The van der Waals surface area contributed by atoms with Crippen molar-refractivity contribution in [3.63, 3.8) is 0 Å². The van der Waals surface area contributed by atoms with Crippen LogP contribution in [0.1, 0.15) is 53.4 Å². The lowest BCUT2D eigenvalue weighted by molar-refractivity contribution is -0.141. The molecule has 1 saturated heterocycles. The molecule has 4 N–H and O–H groups in total. The fraction of sp³-hybridized carbons (Fsp3) is 0.483. The highest BCUT2D eigenvalue weighted by molar-refractivity contribution is 6.34. The van der Waals surface area contributed by atoms with E-state index < -0.39 is 17.8 Å². The van der Waals surface area contributed by atoms with Crippen molar-refractivity contribution in [3.05, 3.63) is 52.7 Å². The summed E-state index contributed by atoms with van der Waals surface area (Å²) in [7, 11) is 1.44. The van der Waals surface area contributed by atoms with Crippen molar-refractivity contribution in [2.45, 2.75) is 51.5 Å². The van der Waals surface area contributed by atoms with E-state index in [1.807, 2.05) is 13.8 Å². The van der Waals surface area contributed by atoms with Gasteiger partial charge >= 0.3 is 12.2 Å². The summed E-state index contributed by atoms with van der Waals surface area (Å²) in [4.78, 5) is 46.1. The molecular formula is C29H36Cl2F3N9O3. The van der Waals surface area contributed by atoms with Gasteiger partial charge in [-0.1, -0.05) is 25.4 Å². The Labute approximate surface area is 274 Å². The zero-order chi connectivity index (χ0) is 32.6. The van der Waals surface area contributed by atoms with Crippen molar-refractivity contribution in [1.82, 2.24) is 34.4 Å². The molecule has 1 aliphatic heterocycles. The Kier molecular flexibility index (Phi) is 10.6. The Balaban J connectivity index is 0.00000480. The lowest BCUT2D eigenvalue weighted by atomic mass is 9.88. The van der Waals surface area contributed by atoms with Crippen molar-refractivity contribution >= 4 is 47.5 Å². The maximum Gasteiger partial charge on any atom is 0.435 e. The minimum absolute atomic E-state index is 0. The Morgan fingerprint density at radius 3 is 2.35 bits per heavy atom. The second kappa shape index (κ2) is 13.9. The van der Waals surface area contributed by atoms with Gasteiger partial charge in [0.15, 0.2) is 11.5 Å². The van der Waals surface area contributed by atoms with Gasteiger partial charge in [-0.2, -0.15) is 18.3 Å². The minimum Gasteiger partial charge on any atom is -0.335 e. The second-order valence-corrected chi connectivity index (χ2v) is 12.2. The van der Waals surface area contributed by atoms with Gasteiger partial charge in [0.1, 0.15) is 0 Å². The van der Waals surface area contributed by atoms with E-state index >= 15 is 0 Å². The molecule has 3 heterocycles. The van der Waals surface area contributed by atoms with Crippen LogP contribution in [-0.2, 0) is 19.8 Å². The third-order valence-corrected chi connectivity index (χ3v) is 8.18. The average Bonchev–Trinajstić information content (AvgIpc) is 3.54. The number of nitrogens with one attached hydrogen (secondary N) is 2. The zero-order valence-corrected chi connectivity index (χ0v) is 27.0. The third-order valence-electron chi connectivity index (χ3n) is 7.86. The van der Waals surface area contributed by atoms with Gasteiger partial charge < -0.3 is 30.7 Å². The summed E-state index contributed by atoms with van der Waals surface area (Å²) in [5.74, 6) is -1.05. The summed E-state index contributed by atoms with van der Waals surface area (Å²) < 4.78 is 43.9. The van der Waals surface area contributed by atoms with Crippen molar-refractivity contribution in [3.8, 4) is 11.3 Å². The molecule has 2 fully saturated rings. The quantitative estimate of drug-likeness (QED) is 0.340. The summed E-state index contributed by atoms with van der Waals surface area (Å²) in [6.45, 7) is 5.43. The van der Waals surface area contributed by atoms with Crippen LogP contribution in [-0.4, -0.2) is 85.2 Å². The molecular weight excluding hydrogens is 650 g/mol. The molecule has 1 aliphatic carbocycles. The van der Waals surface area contributed by atoms with Crippen LogP contribution in [0.15, 0.2) is 30.6 Å². The van der Waals surface area contributed by atoms with E-state index in [1.165, 1.54) is 46.9 Å². The Hall–Kier alpha value is -3.82. The predicted octanol–water partition coefficient (Wildman–Crippen LogP) is 4.24. The number of alkyl halides is 3. The van der Waals surface area contributed by atoms with E-state index in [2.05, 4.69) is 20.7 Å². The van der Waals surface area contributed by atoms with E-state index in [9.17, 15) is 27.6 Å². The van der Waals surface area contributed by atoms with Crippen LogP contribution < -0.4 is 16.4 Å². The van der Waals surface area contributed by atoms with Crippen LogP contribution in [0.5, 0.6) is 0 Å². The number of nitrogens with zero attached hydrogens (tertiary/aromatic N) is 6. The van der Waals surface area contributed by atoms with Crippen molar-refractivity contribution in [1.29, 1.82) is 0 Å². The monoisotopic (exact) mass is 685 g/mol. The molecule has 250 valence electrons. The first kappa shape index (κ1) is 35.0. The molecule has 3 aromatic rings. The number of aromatic nitrogens is 4. The van der Waals surface area contributed by atoms with Crippen LogP contribution in [0.3, 0.4) is 0 Å². The number of amides is 4. The first-order valence-corrected chi connectivity index (χ1v) is 15.0. The first-order chi connectivity index (χ1) is 21.2. The average molecular weight is 687 g/mol. The highest BCUT2D eigenvalue weighted by atomic mass is 35.5. The molecule has 0 unspecified atom stereocenters. The number of hydrogen-bond donors (Lipinski definition) is 3. The van der Waals surface area contributed by atoms with E-state index in [1.54, 1.807) is 9.80 Å². The van der Waals surface area contributed by atoms with Crippen molar-refractivity contribution in [2.24, 2.45) is 18.7 Å². The maximum atomic E-state index is 13.8. The number of halogens is 5. The Morgan fingerprint density at radius 1 is 1.11 bits per heavy atom. The number of carbonyl (C=O) groups is 3. The van der Waals surface area contributed by atoms with Gasteiger partial charge in [-0.25, -0.2) is 9.78 Å². The van der Waals surface area contributed by atoms with Crippen LogP contribution >= 0.6 is 24.0 Å². The van der Waals surface area contributed by atoms with Crippen LogP contribution in [0.2, 0.25) is 5.02 Å². The standard InChI is InChI=1S/C29H35ClF3N9O3.ClH/c1-16(2)14-42-15-21(24(38-42)29(31,32)33)23-13-35-25(39(23)3)26(43)36-18-4-5-20(22(30)12-18)27(44)40-6-8-41(9-7-40)28(45)37-19-10-17(34)11-19;/h4-5,12-13,15-17,19H,6-11,14,34H2,1-3H3,(H,36,43)(H,37,45);1H/t17-,19+;. The SMILES string of the molecule is CC(C)Cn1cc(-c2cnc(C(=O)Nc3ccc(C(=O)N4CCN(C(=O)N[C@H]5C[C@@H](N)C5)CC4)c(Cl)c3)n2C)c(C(F)(F)F)n1.Cl. The molecule has 4 amide bonds. The van der Waals surface area contributed by atoms with Gasteiger partial charge in [0.2, 0.25) is 0 Å². The maximum absolute atomic E-state index is 13.8. The molecule has 2 aliphatic rings. The van der Waals surface area contributed by atoms with E-state index in [-0.39, 0.29) is 82.2 Å². The first-order valence-electron chi connectivity index (χ1n) is 14.6. The smallest absolute Gasteiger partial charge is 0.335 e. The highest BCUT2D eigenvalue weighted by Crippen LogP contribution is 2.36. The number of benzene rings is 1. The lowest BCUT2D eigenvalue weighted by Crippen LogP contribution is -2.57. The molecule has 0 radical (unpaired) electrons. The molecule has 2 aromatic heterocycles. The summed E-state index contributed by atoms with van der Waals surface area (Å²) in [6, 6.07) is 4.46. The lowest BCUT2D eigenvalue weighted by Gasteiger charge is -2.38. The van der Waals surface area contributed by atoms with E-state index in [0.717, 1.165) is 12.8 Å². The van der Waals surface area contributed by atoms with Gasteiger partial charge in [0.25, 0.3) is 11.8 Å². The van der Waals surface area contributed by atoms with Crippen molar-refractivity contribution in [2.75, 3.05) is 31.5 Å². The summed E-state index contributed by atoms with van der Waals surface area (Å²) in [5, 5.41) is 9.44. The molecule has 12 nitrogen and oxygen atoms in total. The number of urea groups is 1. The van der Waals surface area contributed by atoms with Gasteiger partial charge in [0, 0.05) is 63.7 Å². The van der Waals surface area contributed by atoms with Gasteiger partial charge in [-0.3, -0.25) is 14.3 Å². The van der Waals surface area contributed by atoms with E-state index in [4.69, 9.17) is 17.3 Å². The topological polar surface area (TPSA) is 143 Å². The number of anilines is 1. The number of imidazole rings is 1. The van der Waals surface area contributed by atoms with Gasteiger partial charge in [-0.15, -0.1) is 12.4 Å². The summed E-state index contributed by atoms with van der Waals surface area (Å²) >= 11 is 6.44. The number of hydrogen-bond acceptors (Lipinski definition) is 6. The van der Waals surface area contributed by atoms with Crippen LogP contribution in [0.25, 0.3) is 11.3 Å². The van der Waals surface area contributed by atoms with Crippen LogP contribution in [0, 0.1) is 5.92 Å². The largest absolute Gasteiger partial charge is 0.435 e. The Morgan fingerprint density at radius 2 is 1.76 bits per heavy atom. The number of carbonyl (C=O) groups excluding carboxylic acids is 3. The predicted molar refractivity (Wildman–Crippen MR) is 168 cm³/mol. The molecule has 1 saturated carbocycles. The second-order valence-electron chi connectivity index (χ2n) is 11.8. The molecule has 0 spiro atoms. The third kappa shape index (κ3) is 7.58. The van der Waals surface area contributed by atoms with Gasteiger partial charge in [0.05, 0.1) is 28.0 Å². The Bertz CT molecular complexity index is 1590. The molecule has 0 bridgehead atoms. The summed E-state index contributed by atoms with van der Waals surface area (Å²) in [6.07, 6.45) is -0.683. The molecule has 5 rings (SSSR count). The summed E-state index contributed by atoms with van der Waals surface area (Å²) in [5.41, 5.74) is 5.10. The van der Waals surface area contributed by atoms with Crippen LogP contribution in [0.4, 0.5) is 23.7 Å². The highest BCUT2D eigenvalue weighted by Gasteiger charge is 2.39. The number of piperazine rings is 1. The minimum atomic E-state index is -4.70. The molecule has 1 aromatic carbocycles. The van der Waals surface area contributed by atoms with Crippen molar-refractivity contribution < 1.29 is 27.6 Å². The fourth-order valence-electron chi connectivity index (χ4n) is 5.44. The zero-order valence-electron chi connectivity index (χ0n) is 25.5. The number of nitrogens with two attached hydrogens (primary N) is 1. The fourth-order valence-corrected chi connectivity index (χ4v) is 5.70. The number of rotatable bonds is 7. The molecule has 0 atom stereocenters. The molecule has 46 heavy (non-hydrogen) atoms. The van der Waals surface area contributed by atoms with E-state index in [0.29, 0.717) is 26.2 Å².